The Kier molecular flexibility index (Phi) is 3.79. The largest absolute Gasteiger partial charge is 0.445 e. The molecule has 0 saturated heterocycles. The Labute approximate surface area is 108 Å². The maximum atomic E-state index is 12.4. The second-order valence-corrected chi connectivity index (χ2v) is 6.11. The van der Waals surface area contributed by atoms with Gasteiger partial charge in [-0.2, -0.15) is 13.2 Å². The van der Waals surface area contributed by atoms with Gasteiger partial charge in [-0.05, 0) is 18.3 Å². The molecule has 18 heavy (non-hydrogen) atoms. The zero-order valence-corrected chi connectivity index (χ0v) is 11.0. The third-order valence-electron chi connectivity index (χ3n) is 3.39. The number of alkyl halides is 3. The Morgan fingerprint density at radius 2 is 1.89 bits per heavy atom. The quantitative estimate of drug-likeness (QED) is 0.910. The average molecular weight is 279 g/mol. The summed E-state index contributed by atoms with van der Waals surface area (Å²) < 4.78 is 37.1. The summed E-state index contributed by atoms with van der Waals surface area (Å²) in [4.78, 5) is 0. The number of rotatable bonds is 3. The van der Waals surface area contributed by atoms with E-state index in [0.29, 0.717) is 17.9 Å². The van der Waals surface area contributed by atoms with Gasteiger partial charge in [-0.1, -0.05) is 37.5 Å². The highest BCUT2D eigenvalue weighted by Crippen LogP contribution is 2.37. The number of aromatic nitrogens is 2. The van der Waals surface area contributed by atoms with Gasteiger partial charge in [0.15, 0.2) is 0 Å². The van der Waals surface area contributed by atoms with Gasteiger partial charge in [0.25, 0.3) is 0 Å². The summed E-state index contributed by atoms with van der Waals surface area (Å²) in [5.41, 5.74) is 0.169. The Morgan fingerprint density at radius 1 is 1.22 bits per heavy atom. The van der Waals surface area contributed by atoms with E-state index in [0.717, 1.165) is 12.8 Å². The molecule has 1 saturated carbocycles. The van der Waals surface area contributed by atoms with Crippen LogP contribution in [0.15, 0.2) is 0 Å². The number of nitrogens with zero attached hydrogens (tertiary/aromatic N) is 2. The molecule has 1 fully saturated rings. The molecule has 0 spiro atoms. The third-order valence-corrected chi connectivity index (χ3v) is 4.32. The summed E-state index contributed by atoms with van der Waals surface area (Å²) in [7, 11) is 0. The first kappa shape index (κ1) is 13.6. The molecule has 1 aliphatic carbocycles. The molecule has 7 heteroatoms. The van der Waals surface area contributed by atoms with E-state index in [4.69, 9.17) is 0 Å². The molecule has 1 aromatic heterocycles. The van der Waals surface area contributed by atoms with Crippen molar-refractivity contribution in [3.8, 4) is 0 Å². The van der Waals surface area contributed by atoms with Crippen molar-refractivity contribution in [3.63, 3.8) is 0 Å². The molecule has 0 atom stereocenters. The van der Waals surface area contributed by atoms with Crippen molar-refractivity contribution in [3.05, 3.63) is 5.01 Å². The number of anilines is 1. The summed E-state index contributed by atoms with van der Waals surface area (Å²) in [6.45, 7) is 2.84. The van der Waals surface area contributed by atoms with Crippen LogP contribution in [0.4, 0.5) is 18.3 Å². The Hall–Kier alpha value is -0.850. The van der Waals surface area contributed by atoms with Crippen LogP contribution in [0, 0.1) is 5.41 Å². The van der Waals surface area contributed by atoms with E-state index >= 15 is 0 Å². The van der Waals surface area contributed by atoms with Gasteiger partial charge in [-0.3, -0.25) is 0 Å². The predicted molar refractivity (Wildman–Crippen MR) is 64.6 cm³/mol. The summed E-state index contributed by atoms with van der Waals surface area (Å²) in [5, 5.41) is 9.05. The minimum Gasteiger partial charge on any atom is -0.360 e. The SMILES string of the molecule is CC1(CNc2nnc(C(F)(F)F)s2)CCCCC1. The molecule has 0 radical (unpaired) electrons. The van der Waals surface area contributed by atoms with Crippen molar-refractivity contribution in [1.82, 2.24) is 10.2 Å². The van der Waals surface area contributed by atoms with Gasteiger partial charge < -0.3 is 5.32 Å². The first-order valence-electron chi connectivity index (χ1n) is 6.04. The van der Waals surface area contributed by atoms with E-state index in [2.05, 4.69) is 22.4 Å². The van der Waals surface area contributed by atoms with Crippen molar-refractivity contribution in [2.45, 2.75) is 45.2 Å². The monoisotopic (exact) mass is 279 g/mol. The zero-order valence-electron chi connectivity index (χ0n) is 10.2. The summed E-state index contributed by atoms with van der Waals surface area (Å²) in [6, 6.07) is 0. The van der Waals surface area contributed by atoms with E-state index < -0.39 is 11.2 Å². The van der Waals surface area contributed by atoms with Gasteiger partial charge in [0, 0.05) is 6.54 Å². The number of halogens is 3. The summed E-state index contributed by atoms with van der Waals surface area (Å²) in [6.07, 6.45) is 1.49. The fourth-order valence-corrected chi connectivity index (χ4v) is 2.89. The van der Waals surface area contributed by atoms with Crippen molar-refractivity contribution in [2.24, 2.45) is 5.41 Å². The maximum Gasteiger partial charge on any atom is 0.445 e. The molecular formula is C11H16F3N3S. The van der Waals surface area contributed by atoms with Crippen LogP contribution >= 0.6 is 11.3 Å². The van der Waals surface area contributed by atoms with E-state index in [-0.39, 0.29) is 10.5 Å². The van der Waals surface area contributed by atoms with Crippen LogP contribution in [-0.2, 0) is 6.18 Å². The van der Waals surface area contributed by atoms with Gasteiger partial charge >= 0.3 is 6.18 Å². The normalized spacial score (nSPS) is 19.8. The van der Waals surface area contributed by atoms with Gasteiger partial charge in [0.1, 0.15) is 0 Å². The van der Waals surface area contributed by atoms with Crippen molar-refractivity contribution in [2.75, 3.05) is 11.9 Å². The van der Waals surface area contributed by atoms with Gasteiger partial charge in [0.05, 0.1) is 0 Å². The lowest BCUT2D eigenvalue weighted by Gasteiger charge is -2.33. The molecule has 1 heterocycles. The fourth-order valence-electron chi connectivity index (χ4n) is 2.28. The zero-order chi connectivity index (χ0) is 13.2. The molecule has 0 aromatic carbocycles. The second-order valence-electron chi connectivity index (χ2n) is 5.14. The first-order chi connectivity index (χ1) is 8.39. The van der Waals surface area contributed by atoms with Crippen molar-refractivity contribution < 1.29 is 13.2 Å². The number of nitrogens with one attached hydrogen (secondary N) is 1. The smallest absolute Gasteiger partial charge is 0.360 e. The third kappa shape index (κ3) is 3.34. The van der Waals surface area contributed by atoms with Crippen LogP contribution in [0.1, 0.15) is 44.0 Å². The van der Waals surface area contributed by atoms with Crippen LogP contribution in [0.3, 0.4) is 0 Å². The Morgan fingerprint density at radius 3 is 2.44 bits per heavy atom. The molecule has 1 aliphatic rings. The lowest BCUT2D eigenvalue weighted by atomic mass is 9.76. The molecule has 0 unspecified atom stereocenters. The molecule has 102 valence electrons. The van der Waals surface area contributed by atoms with E-state index in [1.165, 1.54) is 19.3 Å². The van der Waals surface area contributed by atoms with Crippen LogP contribution < -0.4 is 5.32 Å². The highest BCUT2D eigenvalue weighted by molar-refractivity contribution is 7.15. The second kappa shape index (κ2) is 5.03. The molecule has 0 bridgehead atoms. The van der Waals surface area contributed by atoms with Crippen molar-refractivity contribution in [1.29, 1.82) is 0 Å². The van der Waals surface area contributed by atoms with Crippen LogP contribution in [0.2, 0.25) is 0 Å². The Bertz CT molecular complexity index is 396. The maximum absolute atomic E-state index is 12.4. The molecule has 2 rings (SSSR count). The van der Waals surface area contributed by atoms with Crippen LogP contribution in [0.5, 0.6) is 0 Å². The van der Waals surface area contributed by atoms with Crippen LogP contribution in [-0.4, -0.2) is 16.7 Å². The van der Waals surface area contributed by atoms with Crippen molar-refractivity contribution >= 4 is 16.5 Å². The van der Waals surface area contributed by atoms with Gasteiger partial charge in [-0.15, -0.1) is 10.2 Å². The Balaban J connectivity index is 1.92. The number of hydrogen-bond donors (Lipinski definition) is 1. The molecule has 1 N–H and O–H groups in total. The topological polar surface area (TPSA) is 37.8 Å². The van der Waals surface area contributed by atoms with E-state index in [9.17, 15) is 13.2 Å². The minimum absolute atomic E-state index is 0.169. The van der Waals surface area contributed by atoms with Gasteiger partial charge in [0.2, 0.25) is 10.1 Å². The highest BCUT2D eigenvalue weighted by Gasteiger charge is 2.36. The molecule has 3 nitrogen and oxygen atoms in total. The predicted octanol–water partition coefficient (Wildman–Crippen LogP) is 3.94. The molecule has 0 amide bonds. The highest BCUT2D eigenvalue weighted by atomic mass is 32.1. The average Bonchev–Trinajstić information content (AvgIpc) is 2.76. The van der Waals surface area contributed by atoms with E-state index in [1.807, 2.05) is 0 Å². The minimum atomic E-state index is -4.40. The molecule has 0 aliphatic heterocycles. The standard InChI is InChI=1S/C11H16F3N3S/c1-10(5-3-2-4-6-10)7-15-9-17-16-8(18-9)11(12,13)14/h2-7H2,1H3,(H,15,17). The summed E-state index contributed by atoms with van der Waals surface area (Å²) >= 11 is 0.569. The molecule has 1 aromatic rings. The fraction of sp³-hybridized carbons (Fsp3) is 0.818. The lowest BCUT2D eigenvalue weighted by Crippen LogP contribution is -2.28. The number of hydrogen-bond acceptors (Lipinski definition) is 4. The lowest BCUT2D eigenvalue weighted by molar-refractivity contribution is -0.138. The van der Waals surface area contributed by atoms with Crippen LogP contribution in [0.25, 0.3) is 0 Å². The van der Waals surface area contributed by atoms with E-state index in [1.54, 1.807) is 0 Å². The van der Waals surface area contributed by atoms with Gasteiger partial charge in [-0.25, -0.2) is 0 Å². The first-order valence-corrected chi connectivity index (χ1v) is 6.85. The summed E-state index contributed by atoms with van der Waals surface area (Å²) in [5.74, 6) is 0. The molecular weight excluding hydrogens is 263 g/mol.